The van der Waals surface area contributed by atoms with Crippen LogP contribution in [-0.2, 0) is 0 Å². The first-order valence-electron chi connectivity index (χ1n) is 7.87. The van der Waals surface area contributed by atoms with Crippen molar-refractivity contribution in [3.63, 3.8) is 0 Å². The lowest BCUT2D eigenvalue weighted by Crippen LogP contribution is -2.20. The first-order chi connectivity index (χ1) is 11.8. The first-order valence-corrected chi connectivity index (χ1v) is 8.69. The second-order valence-corrected chi connectivity index (χ2v) is 6.87. The molecule has 2 N–H and O–H groups in total. The number of hydrogen-bond acceptors (Lipinski definition) is 6. The summed E-state index contributed by atoms with van der Waals surface area (Å²) in [7, 11) is 0. The molecule has 1 unspecified atom stereocenters. The smallest absolute Gasteiger partial charge is 0.302 e. The number of H-pyrrole nitrogens is 1. The average Bonchev–Trinajstić information content (AvgIpc) is 3.34. The van der Waals surface area contributed by atoms with Crippen molar-refractivity contribution in [3.8, 4) is 11.3 Å². The first kappa shape index (κ1) is 13.8. The lowest BCUT2D eigenvalue weighted by molar-refractivity contribution is 0.627. The highest BCUT2D eigenvalue weighted by Crippen LogP contribution is 2.27. The van der Waals surface area contributed by atoms with Crippen molar-refractivity contribution in [3.05, 3.63) is 45.8 Å². The highest BCUT2D eigenvalue weighted by atomic mass is 32.1. The molecule has 0 amide bonds. The molecule has 0 spiro atoms. The summed E-state index contributed by atoms with van der Waals surface area (Å²) < 4.78 is 1.38. The van der Waals surface area contributed by atoms with E-state index in [-0.39, 0.29) is 11.6 Å². The Balaban J connectivity index is 1.69. The molecule has 1 atom stereocenters. The van der Waals surface area contributed by atoms with E-state index < -0.39 is 0 Å². The van der Waals surface area contributed by atoms with Crippen LogP contribution in [0.4, 0.5) is 0 Å². The van der Waals surface area contributed by atoms with E-state index in [9.17, 15) is 4.79 Å². The average molecular weight is 338 g/mol. The Bertz CT molecular complexity index is 1100. The fourth-order valence-electron chi connectivity index (χ4n) is 3.20. The molecular weight excluding hydrogens is 324 g/mol. The van der Waals surface area contributed by atoms with Crippen LogP contribution in [0.1, 0.15) is 23.9 Å². The number of fused-ring (bicyclic) bond motifs is 2. The van der Waals surface area contributed by atoms with Gasteiger partial charge in [-0.2, -0.15) is 9.61 Å². The number of para-hydroxylation sites is 1. The third-order valence-corrected chi connectivity index (χ3v) is 5.42. The van der Waals surface area contributed by atoms with Crippen LogP contribution in [0.25, 0.3) is 27.1 Å². The van der Waals surface area contributed by atoms with Crippen molar-refractivity contribution in [1.29, 1.82) is 0 Å². The summed E-state index contributed by atoms with van der Waals surface area (Å²) in [5, 5.41) is 18.2. The predicted octanol–water partition coefficient (Wildman–Crippen LogP) is 2.12. The maximum absolute atomic E-state index is 12.9. The van der Waals surface area contributed by atoms with Gasteiger partial charge in [0, 0.05) is 22.7 Å². The van der Waals surface area contributed by atoms with Crippen molar-refractivity contribution in [2.24, 2.45) is 0 Å². The molecule has 24 heavy (non-hydrogen) atoms. The SMILES string of the molecule is O=c1c(-c2c[nH]c3ccccc23)nnc2sc(C3CCCN3)nn12. The molecular formula is C16H14N6OS. The van der Waals surface area contributed by atoms with Crippen LogP contribution in [0.2, 0.25) is 0 Å². The van der Waals surface area contributed by atoms with E-state index in [2.05, 4.69) is 25.6 Å². The molecule has 0 bridgehead atoms. The van der Waals surface area contributed by atoms with Gasteiger partial charge in [-0.05, 0) is 25.5 Å². The molecule has 4 heterocycles. The lowest BCUT2D eigenvalue weighted by atomic mass is 10.1. The molecule has 3 aromatic heterocycles. The van der Waals surface area contributed by atoms with Crippen LogP contribution >= 0.6 is 11.3 Å². The van der Waals surface area contributed by atoms with Gasteiger partial charge in [-0.1, -0.05) is 29.5 Å². The van der Waals surface area contributed by atoms with Gasteiger partial charge < -0.3 is 10.3 Å². The molecule has 4 aromatic rings. The van der Waals surface area contributed by atoms with E-state index >= 15 is 0 Å². The normalized spacial score (nSPS) is 17.9. The van der Waals surface area contributed by atoms with Gasteiger partial charge in [-0.25, -0.2) is 0 Å². The number of aromatic nitrogens is 5. The molecule has 8 heteroatoms. The zero-order chi connectivity index (χ0) is 16.1. The summed E-state index contributed by atoms with van der Waals surface area (Å²) in [6.45, 7) is 0.988. The van der Waals surface area contributed by atoms with Gasteiger partial charge >= 0.3 is 5.56 Å². The Morgan fingerprint density at radius 1 is 1.25 bits per heavy atom. The van der Waals surface area contributed by atoms with Crippen LogP contribution in [0.3, 0.4) is 0 Å². The molecule has 1 aliphatic rings. The lowest BCUT2D eigenvalue weighted by Gasteiger charge is -2.02. The van der Waals surface area contributed by atoms with Gasteiger partial charge in [-0.3, -0.25) is 4.79 Å². The Hall–Kier alpha value is -2.58. The van der Waals surface area contributed by atoms with Crippen molar-refractivity contribution < 1.29 is 0 Å². The van der Waals surface area contributed by atoms with Gasteiger partial charge in [0.05, 0.1) is 6.04 Å². The number of nitrogens with one attached hydrogen (secondary N) is 2. The van der Waals surface area contributed by atoms with E-state index in [4.69, 9.17) is 0 Å². The second-order valence-electron chi connectivity index (χ2n) is 5.89. The Labute approximate surface area is 140 Å². The third kappa shape index (κ3) is 2.00. The summed E-state index contributed by atoms with van der Waals surface area (Å²) in [4.78, 5) is 16.6. The molecule has 120 valence electrons. The summed E-state index contributed by atoms with van der Waals surface area (Å²) >= 11 is 1.43. The topological polar surface area (TPSA) is 88.0 Å². The van der Waals surface area contributed by atoms with Crippen LogP contribution in [0, 0.1) is 0 Å². The molecule has 1 aliphatic heterocycles. The fraction of sp³-hybridized carbons (Fsp3) is 0.250. The largest absolute Gasteiger partial charge is 0.360 e. The summed E-state index contributed by atoms with van der Waals surface area (Å²) in [5.74, 6) is 0. The Morgan fingerprint density at radius 2 is 2.17 bits per heavy atom. The van der Waals surface area contributed by atoms with E-state index in [1.54, 1.807) is 6.20 Å². The third-order valence-electron chi connectivity index (χ3n) is 4.41. The van der Waals surface area contributed by atoms with Crippen molar-refractivity contribution in [2.75, 3.05) is 6.54 Å². The van der Waals surface area contributed by atoms with Gasteiger partial charge in [-0.15, -0.1) is 10.2 Å². The Morgan fingerprint density at radius 3 is 3.04 bits per heavy atom. The van der Waals surface area contributed by atoms with E-state index in [0.717, 1.165) is 40.9 Å². The van der Waals surface area contributed by atoms with E-state index in [1.165, 1.54) is 15.9 Å². The molecule has 1 fully saturated rings. The molecule has 0 aliphatic carbocycles. The Kier molecular flexibility index (Phi) is 3.00. The van der Waals surface area contributed by atoms with Gasteiger partial charge in [0.15, 0.2) is 5.69 Å². The van der Waals surface area contributed by atoms with Crippen molar-refractivity contribution in [2.45, 2.75) is 18.9 Å². The number of rotatable bonds is 2. The number of nitrogens with zero attached hydrogens (tertiary/aromatic N) is 4. The second kappa shape index (κ2) is 5.22. The van der Waals surface area contributed by atoms with E-state index in [1.807, 2.05) is 24.3 Å². The minimum absolute atomic E-state index is 0.215. The van der Waals surface area contributed by atoms with Gasteiger partial charge in [0.1, 0.15) is 5.01 Å². The highest BCUT2D eigenvalue weighted by Gasteiger charge is 2.22. The maximum atomic E-state index is 12.9. The summed E-state index contributed by atoms with van der Waals surface area (Å²) in [6.07, 6.45) is 3.97. The van der Waals surface area contributed by atoms with Crippen LogP contribution in [0.5, 0.6) is 0 Å². The zero-order valence-electron chi connectivity index (χ0n) is 12.7. The van der Waals surface area contributed by atoms with Gasteiger partial charge in [0.2, 0.25) is 4.96 Å². The monoisotopic (exact) mass is 338 g/mol. The fourth-order valence-corrected chi connectivity index (χ4v) is 4.15. The van der Waals surface area contributed by atoms with Crippen molar-refractivity contribution in [1.82, 2.24) is 30.1 Å². The molecule has 5 rings (SSSR count). The zero-order valence-corrected chi connectivity index (χ0v) is 13.5. The predicted molar refractivity (Wildman–Crippen MR) is 92.2 cm³/mol. The van der Waals surface area contributed by atoms with Crippen LogP contribution < -0.4 is 10.9 Å². The van der Waals surface area contributed by atoms with Gasteiger partial charge in [0.25, 0.3) is 0 Å². The summed E-state index contributed by atoms with van der Waals surface area (Å²) in [5.41, 5.74) is 1.81. The number of hydrogen-bond donors (Lipinski definition) is 2. The molecule has 1 saturated heterocycles. The van der Waals surface area contributed by atoms with Crippen molar-refractivity contribution >= 4 is 27.2 Å². The summed E-state index contributed by atoms with van der Waals surface area (Å²) in [6, 6.07) is 8.04. The maximum Gasteiger partial charge on any atom is 0.302 e. The number of aromatic amines is 1. The minimum Gasteiger partial charge on any atom is -0.360 e. The highest BCUT2D eigenvalue weighted by molar-refractivity contribution is 7.16. The molecule has 0 radical (unpaired) electrons. The van der Waals surface area contributed by atoms with Crippen LogP contribution in [0.15, 0.2) is 35.3 Å². The standard InChI is InChI=1S/C16H14N6OS/c23-15-13(10-8-18-11-5-2-1-4-9(10)11)19-20-16-22(15)21-14(24-16)12-6-3-7-17-12/h1-2,4-5,8,12,17-18H,3,6-7H2. The minimum atomic E-state index is -0.231. The van der Waals surface area contributed by atoms with Crippen LogP contribution in [-0.4, -0.2) is 31.3 Å². The molecule has 0 saturated carbocycles. The quantitative estimate of drug-likeness (QED) is 0.584. The molecule has 7 nitrogen and oxygen atoms in total. The van der Waals surface area contributed by atoms with E-state index in [0.29, 0.717) is 10.7 Å². The molecule has 1 aromatic carbocycles. The number of benzene rings is 1.